The van der Waals surface area contributed by atoms with E-state index in [4.69, 9.17) is 0 Å². The van der Waals surface area contributed by atoms with Crippen molar-refractivity contribution in [3.63, 3.8) is 0 Å². The maximum atomic E-state index is 12.0. The van der Waals surface area contributed by atoms with Crippen LogP contribution in [0.25, 0.3) is 0 Å². The Morgan fingerprint density at radius 2 is 1.61 bits per heavy atom. The van der Waals surface area contributed by atoms with Gasteiger partial charge in [0.15, 0.2) is 0 Å². The fourth-order valence-electron chi connectivity index (χ4n) is 2.04. The molecule has 2 aromatic carbocycles. The second-order valence-electron chi connectivity index (χ2n) is 5.35. The molecule has 0 saturated heterocycles. The first-order valence-corrected chi connectivity index (χ1v) is 8.70. The first-order chi connectivity index (χ1) is 10.9. The van der Waals surface area contributed by atoms with Gasteiger partial charge >= 0.3 is 0 Å². The minimum absolute atomic E-state index is 0.0683. The van der Waals surface area contributed by atoms with Gasteiger partial charge in [-0.3, -0.25) is 4.79 Å². The van der Waals surface area contributed by atoms with Crippen LogP contribution in [-0.4, -0.2) is 32.7 Å². The Bertz CT molecular complexity index is 754. The third kappa shape index (κ3) is 4.64. The van der Waals surface area contributed by atoms with E-state index in [9.17, 15) is 13.2 Å². The summed E-state index contributed by atoms with van der Waals surface area (Å²) in [7, 11) is -0.417. The minimum Gasteiger partial charge on any atom is -0.326 e. The van der Waals surface area contributed by atoms with Crippen molar-refractivity contribution >= 4 is 21.6 Å². The zero-order chi connectivity index (χ0) is 16.9. The summed E-state index contributed by atoms with van der Waals surface area (Å²) in [6.45, 7) is 0. The van der Waals surface area contributed by atoms with Crippen molar-refractivity contribution in [2.45, 2.75) is 17.7 Å². The molecule has 0 aliphatic carbocycles. The van der Waals surface area contributed by atoms with E-state index in [-0.39, 0.29) is 10.8 Å². The van der Waals surface area contributed by atoms with Gasteiger partial charge in [0.05, 0.1) is 4.90 Å². The topological polar surface area (TPSA) is 66.5 Å². The van der Waals surface area contributed by atoms with Crippen LogP contribution in [0.2, 0.25) is 0 Å². The smallest absolute Gasteiger partial charge is 0.242 e. The van der Waals surface area contributed by atoms with Crippen LogP contribution in [0.4, 0.5) is 5.69 Å². The highest BCUT2D eigenvalue weighted by molar-refractivity contribution is 7.89. The summed E-state index contributed by atoms with van der Waals surface area (Å²) in [5.74, 6) is -0.0683. The molecule has 0 bridgehead atoms. The monoisotopic (exact) mass is 332 g/mol. The molecule has 0 atom stereocenters. The number of hydrogen-bond donors (Lipinski definition) is 1. The van der Waals surface area contributed by atoms with E-state index in [2.05, 4.69) is 5.32 Å². The summed E-state index contributed by atoms with van der Waals surface area (Å²) in [6, 6.07) is 15.9. The van der Waals surface area contributed by atoms with Gasteiger partial charge in [-0.05, 0) is 36.2 Å². The van der Waals surface area contributed by atoms with Crippen molar-refractivity contribution in [1.29, 1.82) is 0 Å². The van der Waals surface area contributed by atoms with Crippen molar-refractivity contribution in [2.75, 3.05) is 19.4 Å². The van der Waals surface area contributed by atoms with E-state index < -0.39 is 10.0 Å². The molecule has 0 unspecified atom stereocenters. The summed E-state index contributed by atoms with van der Waals surface area (Å²) in [6.07, 6.45) is 0.898. The molecule has 0 fully saturated rings. The van der Waals surface area contributed by atoms with Gasteiger partial charge in [-0.1, -0.05) is 30.3 Å². The maximum Gasteiger partial charge on any atom is 0.242 e. The first kappa shape index (κ1) is 17.2. The molecule has 0 spiro atoms. The largest absolute Gasteiger partial charge is 0.326 e. The molecular formula is C17H20N2O3S. The standard InChI is InChI=1S/C17H20N2O3S/c1-19(2)23(21,22)16-11-8-14(9-12-16)10-13-17(20)18-15-6-4-3-5-7-15/h3-9,11-12H,10,13H2,1-2H3,(H,18,20). The number of nitrogens with zero attached hydrogens (tertiary/aromatic N) is 1. The van der Waals surface area contributed by atoms with Crippen molar-refractivity contribution in [1.82, 2.24) is 4.31 Å². The predicted octanol–water partition coefficient (Wildman–Crippen LogP) is 2.51. The zero-order valence-electron chi connectivity index (χ0n) is 13.2. The number of aryl methyl sites for hydroxylation is 1. The zero-order valence-corrected chi connectivity index (χ0v) is 14.0. The van der Waals surface area contributed by atoms with Crippen LogP contribution in [0.15, 0.2) is 59.5 Å². The quantitative estimate of drug-likeness (QED) is 0.884. The van der Waals surface area contributed by atoms with Crippen molar-refractivity contribution in [2.24, 2.45) is 0 Å². The number of benzene rings is 2. The molecule has 6 heteroatoms. The molecule has 0 aliphatic rings. The highest BCUT2D eigenvalue weighted by Crippen LogP contribution is 2.15. The Balaban J connectivity index is 1.93. The SMILES string of the molecule is CN(C)S(=O)(=O)c1ccc(CCC(=O)Nc2ccccc2)cc1. The normalized spacial score (nSPS) is 11.4. The Labute approximate surface area is 137 Å². The van der Waals surface area contributed by atoms with Crippen LogP contribution < -0.4 is 5.32 Å². The lowest BCUT2D eigenvalue weighted by Crippen LogP contribution is -2.22. The molecule has 0 aliphatic heterocycles. The van der Waals surface area contributed by atoms with Crippen LogP contribution in [-0.2, 0) is 21.2 Å². The number of rotatable bonds is 6. The van der Waals surface area contributed by atoms with Gasteiger partial charge in [-0.2, -0.15) is 0 Å². The number of hydrogen-bond acceptors (Lipinski definition) is 3. The maximum absolute atomic E-state index is 12.0. The fraction of sp³-hybridized carbons (Fsp3) is 0.235. The van der Waals surface area contributed by atoms with E-state index in [1.54, 1.807) is 24.3 Å². The van der Waals surface area contributed by atoms with Gasteiger partial charge in [-0.25, -0.2) is 12.7 Å². The Morgan fingerprint density at radius 3 is 2.17 bits per heavy atom. The highest BCUT2D eigenvalue weighted by atomic mass is 32.2. The second-order valence-corrected chi connectivity index (χ2v) is 7.50. The molecular weight excluding hydrogens is 312 g/mol. The van der Waals surface area contributed by atoms with Crippen molar-refractivity contribution in [3.05, 3.63) is 60.2 Å². The van der Waals surface area contributed by atoms with E-state index >= 15 is 0 Å². The Morgan fingerprint density at radius 1 is 1.00 bits per heavy atom. The summed E-state index contributed by atoms with van der Waals surface area (Å²) in [4.78, 5) is 12.1. The lowest BCUT2D eigenvalue weighted by atomic mass is 10.1. The molecule has 122 valence electrons. The van der Waals surface area contributed by atoms with E-state index in [0.29, 0.717) is 12.8 Å². The highest BCUT2D eigenvalue weighted by Gasteiger charge is 2.16. The van der Waals surface area contributed by atoms with Crippen molar-refractivity contribution < 1.29 is 13.2 Å². The summed E-state index contributed by atoms with van der Waals surface area (Å²) < 4.78 is 25.1. The van der Waals surface area contributed by atoms with Crippen LogP contribution in [0, 0.1) is 0 Å². The molecule has 0 aromatic heterocycles. The summed E-state index contributed by atoms with van der Waals surface area (Å²) in [5.41, 5.74) is 1.69. The third-order valence-electron chi connectivity index (χ3n) is 3.40. The van der Waals surface area contributed by atoms with Gasteiger partial charge in [-0.15, -0.1) is 0 Å². The number of carbonyl (C=O) groups excluding carboxylic acids is 1. The van der Waals surface area contributed by atoms with Gasteiger partial charge in [0.2, 0.25) is 15.9 Å². The third-order valence-corrected chi connectivity index (χ3v) is 5.23. The van der Waals surface area contributed by atoms with Gasteiger partial charge in [0, 0.05) is 26.2 Å². The molecule has 23 heavy (non-hydrogen) atoms. The van der Waals surface area contributed by atoms with Gasteiger partial charge in [0.25, 0.3) is 0 Å². The second kappa shape index (κ2) is 7.39. The summed E-state index contributed by atoms with van der Waals surface area (Å²) in [5, 5.41) is 2.82. The van der Waals surface area contributed by atoms with Crippen LogP contribution >= 0.6 is 0 Å². The molecule has 5 nitrogen and oxygen atoms in total. The number of carbonyl (C=O) groups is 1. The minimum atomic E-state index is -3.41. The number of nitrogens with one attached hydrogen (secondary N) is 1. The van der Waals surface area contributed by atoms with Gasteiger partial charge < -0.3 is 5.32 Å². The molecule has 0 saturated carbocycles. The van der Waals surface area contributed by atoms with Crippen molar-refractivity contribution in [3.8, 4) is 0 Å². The number of para-hydroxylation sites is 1. The average molecular weight is 332 g/mol. The Hall–Kier alpha value is -2.18. The number of sulfonamides is 1. The predicted molar refractivity (Wildman–Crippen MR) is 90.7 cm³/mol. The number of amides is 1. The average Bonchev–Trinajstić information content (AvgIpc) is 2.54. The van der Waals surface area contributed by atoms with Crippen LogP contribution in [0.5, 0.6) is 0 Å². The molecule has 1 N–H and O–H groups in total. The molecule has 0 heterocycles. The summed E-state index contributed by atoms with van der Waals surface area (Å²) >= 11 is 0. The molecule has 2 aromatic rings. The van der Waals surface area contributed by atoms with E-state index in [1.165, 1.54) is 18.4 Å². The fourth-order valence-corrected chi connectivity index (χ4v) is 2.94. The lowest BCUT2D eigenvalue weighted by Gasteiger charge is -2.11. The number of anilines is 1. The van der Waals surface area contributed by atoms with Gasteiger partial charge in [0.1, 0.15) is 0 Å². The van der Waals surface area contributed by atoms with Crippen LogP contribution in [0.3, 0.4) is 0 Å². The molecule has 1 amide bonds. The lowest BCUT2D eigenvalue weighted by molar-refractivity contribution is -0.116. The van der Waals surface area contributed by atoms with E-state index in [1.807, 2.05) is 30.3 Å². The first-order valence-electron chi connectivity index (χ1n) is 7.26. The Kier molecular flexibility index (Phi) is 5.52. The molecule has 0 radical (unpaired) electrons. The van der Waals surface area contributed by atoms with E-state index in [0.717, 1.165) is 11.3 Å². The molecule has 2 rings (SSSR count). The van der Waals surface area contributed by atoms with Crippen LogP contribution in [0.1, 0.15) is 12.0 Å².